The van der Waals surface area contributed by atoms with E-state index in [1.165, 1.54) is 16.3 Å². The zero-order valence-electron chi connectivity index (χ0n) is 20.5. The fourth-order valence-corrected chi connectivity index (χ4v) is 4.63. The summed E-state index contributed by atoms with van der Waals surface area (Å²) in [5.41, 5.74) is 2.68. The van der Waals surface area contributed by atoms with Crippen LogP contribution < -0.4 is 15.0 Å². The molecule has 4 rings (SSSR count). The second kappa shape index (κ2) is 11.7. The van der Waals surface area contributed by atoms with E-state index in [9.17, 15) is 9.59 Å². The van der Waals surface area contributed by atoms with Crippen LogP contribution >= 0.6 is 0 Å². The van der Waals surface area contributed by atoms with E-state index in [1.807, 2.05) is 29.2 Å². The Hall–Kier alpha value is -3.61. The quantitative estimate of drug-likeness (QED) is 0.464. The summed E-state index contributed by atoms with van der Waals surface area (Å²) in [5, 5.41) is 4.52. The van der Waals surface area contributed by atoms with Gasteiger partial charge in [0.25, 0.3) is 5.56 Å². The lowest BCUT2D eigenvalue weighted by Crippen LogP contribution is -2.39. The molecule has 2 aromatic carbocycles. The third kappa shape index (κ3) is 6.29. The number of likely N-dealkylation sites (tertiary alicyclic amines) is 1. The molecule has 0 unspecified atom stereocenters. The van der Waals surface area contributed by atoms with E-state index in [4.69, 9.17) is 9.47 Å². The lowest BCUT2D eigenvalue weighted by atomic mass is 9.90. The average Bonchev–Trinajstić information content (AvgIpc) is 2.90. The van der Waals surface area contributed by atoms with E-state index < -0.39 is 0 Å². The Morgan fingerprint density at radius 3 is 2.43 bits per heavy atom. The highest BCUT2D eigenvalue weighted by Gasteiger charge is 2.22. The molecule has 35 heavy (non-hydrogen) atoms. The molecular weight excluding hydrogens is 442 g/mol. The van der Waals surface area contributed by atoms with E-state index in [0.29, 0.717) is 42.5 Å². The van der Waals surface area contributed by atoms with Gasteiger partial charge >= 0.3 is 0 Å². The summed E-state index contributed by atoms with van der Waals surface area (Å²) in [4.78, 5) is 27.1. The molecule has 7 nitrogen and oxygen atoms in total. The summed E-state index contributed by atoms with van der Waals surface area (Å²) < 4.78 is 12.1. The predicted octanol–water partition coefficient (Wildman–Crippen LogP) is 4.19. The zero-order chi connectivity index (χ0) is 24.6. The van der Waals surface area contributed by atoms with Gasteiger partial charge in [0, 0.05) is 37.7 Å². The maximum Gasteiger partial charge on any atom is 0.266 e. The fourth-order valence-electron chi connectivity index (χ4n) is 4.63. The predicted molar refractivity (Wildman–Crippen MR) is 136 cm³/mol. The molecule has 0 bridgehead atoms. The van der Waals surface area contributed by atoms with Crippen molar-refractivity contribution in [3.63, 3.8) is 0 Å². The highest BCUT2D eigenvalue weighted by molar-refractivity contribution is 5.76. The number of methoxy groups -OCH3 is 2. The van der Waals surface area contributed by atoms with Crippen LogP contribution in [0.15, 0.2) is 65.5 Å². The molecule has 0 spiro atoms. The van der Waals surface area contributed by atoms with E-state index >= 15 is 0 Å². The number of hydrogen-bond acceptors (Lipinski definition) is 5. The Balaban J connectivity index is 1.29. The lowest BCUT2D eigenvalue weighted by Gasteiger charge is -2.32. The molecule has 0 radical (unpaired) electrons. The largest absolute Gasteiger partial charge is 0.493 e. The minimum absolute atomic E-state index is 0.159. The second-order valence-electron chi connectivity index (χ2n) is 8.97. The first kappa shape index (κ1) is 24.5. The van der Waals surface area contributed by atoms with Crippen LogP contribution in [0.4, 0.5) is 0 Å². The Morgan fingerprint density at radius 1 is 0.971 bits per heavy atom. The Labute approximate surface area is 206 Å². The molecule has 1 saturated heterocycles. The smallest absolute Gasteiger partial charge is 0.266 e. The highest BCUT2D eigenvalue weighted by Crippen LogP contribution is 2.31. The molecule has 0 saturated carbocycles. The Kier molecular flexibility index (Phi) is 8.19. The number of aryl methyl sites for hydroxylation is 1. The maximum atomic E-state index is 12.7. The van der Waals surface area contributed by atoms with Crippen molar-refractivity contribution in [2.45, 2.75) is 38.6 Å². The molecule has 0 atom stereocenters. The lowest BCUT2D eigenvalue weighted by molar-refractivity contribution is -0.132. The standard InChI is InChI=1S/C28H33N3O4/c1-34-25-12-10-23(20-26(25)35-2)24-11-13-28(33)31(29-24)16-6-9-27(32)30-17-14-22(15-18-30)19-21-7-4-3-5-8-21/h3-5,7-8,10-13,20,22H,6,9,14-19H2,1-2H3. The summed E-state index contributed by atoms with van der Waals surface area (Å²) in [6, 6.07) is 19.3. The fraction of sp³-hybridized carbons (Fsp3) is 0.393. The van der Waals surface area contributed by atoms with Crippen LogP contribution in [0.5, 0.6) is 11.5 Å². The van der Waals surface area contributed by atoms with Crippen molar-refractivity contribution in [2.75, 3.05) is 27.3 Å². The molecule has 2 heterocycles. The van der Waals surface area contributed by atoms with E-state index in [2.05, 4.69) is 29.4 Å². The van der Waals surface area contributed by atoms with Crippen molar-refractivity contribution in [3.05, 3.63) is 76.6 Å². The maximum absolute atomic E-state index is 12.7. The van der Waals surface area contributed by atoms with Gasteiger partial charge in [-0.15, -0.1) is 0 Å². The van der Waals surface area contributed by atoms with E-state index in [-0.39, 0.29) is 11.5 Å². The molecule has 1 aliphatic rings. The van der Waals surface area contributed by atoms with Crippen molar-refractivity contribution in [1.29, 1.82) is 0 Å². The first-order valence-electron chi connectivity index (χ1n) is 12.2. The minimum atomic E-state index is -0.177. The number of hydrogen-bond donors (Lipinski definition) is 0. The zero-order valence-corrected chi connectivity index (χ0v) is 20.5. The minimum Gasteiger partial charge on any atom is -0.493 e. The van der Waals surface area contributed by atoms with Crippen molar-refractivity contribution in [2.24, 2.45) is 5.92 Å². The van der Waals surface area contributed by atoms with Crippen molar-refractivity contribution in [1.82, 2.24) is 14.7 Å². The number of nitrogens with zero attached hydrogens (tertiary/aromatic N) is 3. The third-order valence-corrected chi connectivity index (χ3v) is 6.64. The molecule has 1 aliphatic heterocycles. The van der Waals surface area contributed by atoms with Gasteiger partial charge in [0.05, 0.1) is 19.9 Å². The monoisotopic (exact) mass is 475 g/mol. The molecule has 0 aliphatic carbocycles. The third-order valence-electron chi connectivity index (χ3n) is 6.64. The molecule has 1 amide bonds. The van der Waals surface area contributed by atoms with E-state index in [1.54, 1.807) is 20.3 Å². The van der Waals surface area contributed by atoms with Crippen LogP contribution in [0, 0.1) is 5.92 Å². The Bertz CT molecular complexity index is 1180. The number of aromatic nitrogens is 2. The number of rotatable bonds is 9. The molecule has 184 valence electrons. The summed E-state index contributed by atoms with van der Waals surface area (Å²) in [6.45, 7) is 2.02. The number of ether oxygens (including phenoxy) is 2. The molecule has 1 fully saturated rings. The SMILES string of the molecule is COc1ccc(-c2ccc(=O)n(CCCC(=O)N3CCC(Cc4ccccc4)CC3)n2)cc1OC. The van der Waals surface area contributed by atoms with E-state index in [0.717, 1.165) is 37.9 Å². The molecule has 3 aromatic rings. The normalized spacial score (nSPS) is 14.1. The topological polar surface area (TPSA) is 73.7 Å². The summed E-state index contributed by atoms with van der Waals surface area (Å²) in [6.07, 6.45) is 4.14. The van der Waals surface area contributed by atoms with Gasteiger partial charge < -0.3 is 14.4 Å². The molecular formula is C28H33N3O4. The van der Waals surface area contributed by atoms with Gasteiger partial charge in [0.2, 0.25) is 5.91 Å². The average molecular weight is 476 g/mol. The van der Waals surface area contributed by atoms with Crippen LogP contribution in [-0.4, -0.2) is 47.9 Å². The van der Waals surface area contributed by atoms with Gasteiger partial charge in [-0.05, 0) is 61.4 Å². The summed E-state index contributed by atoms with van der Waals surface area (Å²) in [7, 11) is 3.17. The Morgan fingerprint density at radius 2 is 1.71 bits per heavy atom. The first-order valence-corrected chi connectivity index (χ1v) is 12.2. The van der Waals surface area contributed by atoms with Crippen LogP contribution in [-0.2, 0) is 17.8 Å². The van der Waals surface area contributed by atoms with Crippen molar-refractivity contribution < 1.29 is 14.3 Å². The number of benzene rings is 2. The first-order chi connectivity index (χ1) is 17.1. The number of carbonyl (C=O) groups is 1. The van der Waals surface area contributed by atoms with Crippen LogP contribution in [0.2, 0.25) is 0 Å². The van der Waals surface area contributed by atoms with Gasteiger partial charge in [-0.3, -0.25) is 9.59 Å². The van der Waals surface area contributed by atoms with Crippen LogP contribution in [0.25, 0.3) is 11.3 Å². The van der Waals surface area contributed by atoms with Gasteiger partial charge in [-0.2, -0.15) is 5.10 Å². The molecule has 0 N–H and O–H groups in total. The highest BCUT2D eigenvalue weighted by atomic mass is 16.5. The molecule has 1 aromatic heterocycles. The number of amides is 1. The van der Waals surface area contributed by atoms with Crippen molar-refractivity contribution in [3.8, 4) is 22.8 Å². The van der Waals surface area contributed by atoms with Crippen LogP contribution in [0.3, 0.4) is 0 Å². The molecule has 7 heteroatoms. The number of piperidine rings is 1. The van der Waals surface area contributed by atoms with Gasteiger partial charge in [-0.25, -0.2) is 4.68 Å². The van der Waals surface area contributed by atoms with Gasteiger partial charge in [0.15, 0.2) is 11.5 Å². The van der Waals surface area contributed by atoms with Gasteiger partial charge in [0.1, 0.15) is 0 Å². The summed E-state index contributed by atoms with van der Waals surface area (Å²) >= 11 is 0. The number of carbonyl (C=O) groups excluding carboxylic acids is 1. The van der Waals surface area contributed by atoms with Crippen molar-refractivity contribution >= 4 is 5.91 Å². The van der Waals surface area contributed by atoms with Crippen LogP contribution in [0.1, 0.15) is 31.2 Å². The second-order valence-corrected chi connectivity index (χ2v) is 8.97. The van der Waals surface area contributed by atoms with Gasteiger partial charge in [-0.1, -0.05) is 30.3 Å². The summed E-state index contributed by atoms with van der Waals surface area (Å²) in [5.74, 6) is 2.02.